The van der Waals surface area contributed by atoms with E-state index in [1.54, 1.807) is 10.8 Å². The molecule has 3 heterocycles. The minimum atomic E-state index is -0.0913. The highest BCUT2D eigenvalue weighted by Crippen LogP contribution is 2.28. The molecule has 182 valence electrons. The number of aromatic nitrogens is 7. The van der Waals surface area contributed by atoms with Crippen LogP contribution in [-0.4, -0.2) is 34.7 Å². The average Bonchev–Trinajstić information content (AvgIpc) is 3.53. The highest BCUT2D eigenvalue weighted by molar-refractivity contribution is 6.30. The van der Waals surface area contributed by atoms with Crippen LogP contribution in [0.5, 0.6) is 0 Å². The van der Waals surface area contributed by atoms with E-state index in [0.717, 1.165) is 47.2 Å². The highest BCUT2D eigenvalue weighted by Gasteiger charge is 2.19. The SMILES string of the molecule is CCCCc1c(Cl)n(Cc2ccccc2)c(=O)n1Cc1ccc(-c2cccnc2-c2nnn[nH]2)cc1. The maximum absolute atomic E-state index is 13.5. The van der Waals surface area contributed by atoms with Crippen molar-refractivity contribution in [2.24, 2.45) is 0 Å². The molecule has 0 saturated heterocycles. The quantitative estimate of drug-likeness (QED) is 0.308. The van der Waals surface area contributed by atoms with Gasteiger partial charge in [0, 0.05) is 11.8 Å². The fourth-order valence-corrected chi connectivity index (χ4v) is 4.65. The van der Waals surface area contributed by atoms with Gasteiger partial charge in [0.2, 0.25) is 0 Å². The Morgan fingerprint density at radius 3 is 2.39 bits per heavy atom. The number of pyridine rings is 1. The molecule has 8 nitrogen and oxygen atoms in total. The minimum Gasteiger partial charge on any atom is -0.290 e. The summed E-state index contributed by atoms with van der Waals surface area (Å²) in [5.74, 6) is 0.510. The molecule has 2 aromatic carbocycles. The van der Waals surface area contributed by atoms with Crippen molar-refractivity contribution in [3.05, 3.63) is 105 Å². The number of hydrogen-bond acceptors (Lipinski definition) is 5. The molecule has 0 aliphatic rings. The van der Waals surface area contributed by atoms with Crippen molar-refractivity contribution in [1.29, 1.82) is 0 Å². The summed E-state index contributed by atoms with van der Waals surface area (Å²) in [6, 6.07) is 21.9. The van der Waals surface area contributed by atoms with Crippen LogP contribution in [0.25, 0.3) is 22.6 Å². The Morgan fingerprint density at radius 2 is 1.67 bits per heavy atom. The third-order valence-corrected chi connectivity index (χ3v) is 6.62. The van der Waals surface area contributed by atoms with Crippen LogP contribution in [0.4, 0.5) is 0 Å². The predicted octanol–water partition coefficient (Wildman–Crippen LogP) is 4.98. The fraction of sp³-hybridized carbons (Fsp3) is 0.222. The van der Waals surface area contributed by atoms with E-state index in [9.17, 15) is 4.79 Å². The van der Waals surface area contributed by atoms with Gasteiger partial charge in [-0.25, -0.2) is 9.89 Å². The molecule has 5 rings (SSSR count). The number of nitrogens with zero attached hydrogens (tertiary/aromatic N) is 6. The molecule has 3 aromatic heterocycles. The highest BCUT2D eigenvalue weighted by atomic mass is 35.5. The molecule has 9 heteroatoms. The minimum absolute atomic E-state index is 0.0913. The Hall–Kier alpha value is -4.04. The molecule has 0 unspecified atom stereocenters. The predicted molar refractivity (Wildman–Crippen MR) is 140 cm³/mol. The summed E-state index contributed by atoms with van der Waals surface area (Å²) in [7, 11) is 0. The summed E-state index contributed by atoms with van der Waals surface area (Å²) in [4.78, 5) is 17.9. The van der Waals surface area contributed by atoms with Crippen LogP contribution >= 0.6 is 11.6 Å². The smallest absolute Gasteiger partial charge is 0.290 e. The van der Waals surface area contributed by atoms with E-state index in [4.69, 9.17) is 11.6 Å². The van der Waals surface area contributed by atoms with Gasteiger partial charge in [-0.2, -0.15) is 0 Å². The van der Waals surface area contributed by atoms with Crippen LogP contribution < -0.4 is 5.69 Å². The zero-order chi connectivity index (χ0) is 24.9. The molecule has 5 aromatic rings. The third-order valence-electron chi connectivity index (χ3n) is 6.20. The monoisotopic (exact) mass is 499 g/mol. The molecule has 0 radical (unpaired) electrons. The summed E-state index contributed by atoms with van der Waals surface area (Å²) >= 11 is 6.77. The second-order valence-electron chi connectivity index (χ2n) is 8.63. The van der Waals surface area contributed by atoms with Gasteiger partial charge in [0.05, 0.1) is 18.8 Å². The number of H-pyrrole nitrogens is 1. The Morgan fingerprint density at radius 1 is 0.917 bits per heavy atom. The average molecular weight is 500 g/mol. The maximum Gasteiger partial charge on any atom is 0.330 e. The standard InChI is InChI=1S/C27H26ClN7O/c1-2-3-11-23-25(28)35(18-19-8-5-4-6-9-19)27(36)34(23)17-20-12-14-21(15-13-20)22-10-7-16-29-24(22)26-30-32-33-31-26/h4-10,12-16H,2-3,11,17-18H2,1H3,(H,30,31,32,33). The van der Waals surface area contributed by atoms with Crippen LogP contribution in [0.2, 0.25) is 5.15 Å². The molecule has 0 spiro atoms. The Labute approximate surface area is 213 Å². The second kappa shape index (κ2) is 10.7. The van der Waals surface area contributed by atoms with Crippen LogP contribution in [0.15, 0.2) is 77.7 Å². The molecule has 0 aliphatic carbocycles. The Balaban J connectivity index is 1.45. The molecule has 1 N–H and O–H groups in total. The number of hydrogen-bond donors (Lipinski definition) is 1. The maximum atomic E-state index is 13.5. The summed E-state index contributed by atoms with van der Waals surface area (Å²) < 4.78 is 3.48. The number of tetrazole rings is 1. The number of benzene rings is 2. The normalized spacial score (nSPS) is 11.2. The van der Waals surface area contributed by atoms with Crippen LogP contribution in [0.3, 0.4) is 0 Å². The van der Waals surface area contributed by atoms with E-state index in [1.165, 1.54) is 0 Å². The van der Waals surface area contributed by atoms with Crippen molar-refractivity contribution in [2.45, 2.75) is 39.3 Å². The van der Waals surface area contributed by atoms with Gasteiger partial charge in [-0.15, -0.1) is 5.10 Å². The van der Waals surface area contributed by atoms with Crippen molar-refractivity contribution in [2.75, 3.05) is 0 Å². The zero-order valence-corrected chi connectivity index (χ0v) is 20.7. The molecular weight excluding hydrogens is 474 g/mol. The second-order valence-corrected chi connectivity index (χ2v) is 8.99. The first-order chi connectivity index (χ1) is 17.7. The zero-order valence-electron chi connectivity index (χ0n) is 19.9. The number of imidazole rings is 1. The van der Waals surface area contributed by atoms with Gasteiger partial charge in [-0.05, 0) is 46.0 Å². The third kappa shape index (κ3) is 4.85. The van der Waals surface area contributed by atoms with E-state index in [1.807, 2.05) is 71.3 Å². The van der Waals surface area contributed by atoms with Crippen molar-refractivity contribution in [3.8, 4) is 22.6 Å². The molecule has 36 heavy (non-hydrogen) atoms. The first-order valence-corrected chi connectivity index (χ1v) is 12.3. The fourth-order valence-electron chi connectivity index (χ4n) is 4.32. The lowest BCUT2D eigenvalue weighted by Crippen LogP contribution is -2.26. The van der Waals surface area contributed by atoms with Gasteiger partial charge in [0.1, 0.15) is 10.8 Å². The van der Waals surface area contributed by atoms with Crippen molar-refractivity contribution in [3.63, 3.8) is 0 Å². The lowest BCUT2D eigenvalue weighted by atomic mass is 10.0. The summed E-state index contributed by atoms with van der Waals surface area (Å²) in [5, 5.41) is 14.6. The number of unbranched alkanes of at least 4 members (excludes halogenated alkanes) is 1. The van der Waals surface area contributed by atoms with Crippen LogP contribution in [0.1, 0.15) is 36.6 Å². The van der Waals surface area contributed by atoms with Crippen molar-refractivity contribution >= 4 is 11.6 Å². The van der Waals surface area contributed by atoms with Gasteiger partial charge < -0.3 is 0 Å². The van der Waals surface area contributed by atoms with Gasteiger partial charge in [0.15, 0.2) is 5.82 Å². The number of rotatable bonds is 9. The molecule has 0 saturated carbocycles. The van der Waals surface area contributed by atoms with E-state index in [0.29, 0.717) is 29.8 Å². The number of halogens is 1. The number of nitrogens with one attached hydrogen (secondary N) is 1. The van der Waals surface area contributed by atoms with Gasteiger partial charge >= 0.3 is 5.69 Å². The van der Waals surface area contributed by atoms with E-state index < -0.39 is 0 Å². The molecule has 0 bridgehead atoms. The lowest BCUT2D eigenvalue weighted by molar-refractivity contribution is 0.655. The van der Waals surface area contributed by atoms with Gasteiger partial charge in [-0.1, -0.05) is 85.6 Å². The molecule has 0 fully saturated rings. The molecular formula is C27H26ClN7O. The number of aromatic amines is 1. The summed E-state index contributed by atoms with van der Waals surface area (Å²) in [6.07, 6.45) is 4.46. The molecule has 0 amide bonds. The van der Waals surface area contributed by atoms with Gasteiger partial charge in [0.25, 0.3) is 0 Å². The van der Waals surface area contributed by atoms with Crippen LogP contribution in [-0.2, 0) is 19.5 Å². The molecule has 0 aliphatic heterocycles. The first-order valence-electron chi connectivity index (χ1n) is 12.0. The molecule has 0 atom stereocenters. The summed E-state index contributed by atoms with van der Waals surface area (Å²) in [5.41, 5.74) is 5.43. The lowest BCUT2D eigenvalue weighted by Gasteiger charge is -2.10. The van der Waals surface area contributed by atoms with E-state index in [-0.39, 0.29) is 5.69 Å². The largest absolute Gasteiger partial charge is 0.330 e. The van der Waals surface area contributed by atoms with Crippen molar-refractivity contribution in [1.82, 2.24) is 34.7 Å². The van der Waals surface area contributed by atoms with Crippen molar-refractivity contribution < 1.29 is 0 Å². The van der Waals surface area contributed by atoms with Gasteiger partial charge in [-0.3, -0.25) is 14.1 Å². The first kappa shape index (κ1) is 23.7. The van der Waals surface area contributed by atoms with E-state index >= 15 is 0 Å². The topological polar surface area (TPSA) is 94.3 Å². The summed E-state index contributed by atoms with van der Waals surface area (Å²) in [6.45, 7) is 3.03. The van der Waals surface area contributed by atoms with Crippen LogP contribution in [0, 0.1) is 0 Å². The Kier molecular flexibility index (Phi) is 7.04. The van der Waals surface area contributed by atoms with E-state index in [2.05, 4.69) is 32.5 Å². The Bertz CT molecular complexity index is 1490.